The van der Waals surface area contributed by atoms with Gasteiger partial charge in [-0.15, -0.1) is 0 Å². The zero-order chi connectivity index (χ0) is 13.8. The summed E-state index contributed by atoms with van der Waals surface area (Å²) in [5.74, 6) is -0.220. The Morgan fingerprint density at radius 1 is 1.47 bits per heavy atom. The van der Waals surface area contributed by atoms with Crippen LogP contribution in [0.5, 0.6) is 0 Å². The number of rotatable bonds is 4. The van der Waals surface area contributed by atoms with Crippen molar-refractivity contribution in [3.63, 3.8) is 0 Å². The molecule has 1 aromatic rings. The summed E-state index contributed by atoms with van der Waals surface area (Å²) in [6, 6.07) is 9.36. The lowest BCUT2D eigenvalue weighted by Crippen LogP contribution is -2.43. The molecule has 0 aromatic heterocycles. The van der Waals surface area contributed by atoms with E-state index in [4.69, 9.17) is 5.73 Å². The lowest BCUT2D eigenvalue weighted by molar-refractivity contribution is -0.137. The van der Waals surface area contributed by atoms with Gasteiger partial charge in [-0.2, -0.15) is 0 Å². The van der Waals surface area contributed by atoms with Gasteiger partial charge in [-0.3, -0.25) is 4.79 Å². The van der Waals surface area contributed by atoms with Crippen LogP contribution in [-0.4, -0.2) is 35.1 Å². The van der Waals surface area contributed by atoms with Gasteiger partial charge in [-0.25, -0.2) is 0 Å². The summed E-state index contributed by atoms with van der Waals surface area (Å²) in [7, 11) is 0. The van der Waals surface area contributed by atoms with Crippen LogP contribution in [0.1, 0.15) is 31.4 Å². The smallest absolute Gasteiger partial charge is 0.227 e. The molecule has 104 valence electrons. The van der Waals surface area contributed by atoms with E-state index in [0.717, 1.165) is 24.9 Å². The number of nitrogens with zero attached hydrogens (tertiary/aromatic N) is 1. The average Bonchev–Trinajstić information content (AvgIpc) is 2.94. The second-order valence-corrected chi connectivity index (χ2v) is 5.24. The lowest BCUT2D eigenvalue weighted by Gasteiger charge is -2.29. The summed E-state index contributed by atoms with van der Waals surface area (Å²) >= 11 is 0. The SMILES string of the molecule is CC(C(=O)N1CCC[C@H]1CO)C(N)c1ccccc1. The predicted molar refractivity (Wildman–Crippen MR) is 74.4 cm³/mol. The summed E-state index contributed by atoms with van der Waals surface area (Å²) in [4.78, 5) is 14.2. The van der Waals surface area contributed by atoms with Crippen molar-refractivity contribution in [1.29, 1.82) is 0 Å². The maximum Gasteiger partial charge on any atom is 0.227 e. The molecule has 0 radical (unpaired) electrons. The molecule has 4 nitrogen and oxygen atoms in total. The molecule has 0 spiro atoms. The molecule has 19 heavy (non-hydrogen) atoms. The molecule has 1 fully saturated rings. The maximum atomic E-state index is 12.5. The highest BCUT2D eigenvalue weighted by Gasteiger charge is 2.33. The van der Waals surface area contributed by atoms with Crippen molar-refractivity contribution in [2.24, 2.45) is 11.7 Å². The number of aliphatic hydroxyl groups is 1. The van der Waals surface area contributed by atoms with Gasteiger partial charge in [-0.1, -0.05) is 37.3 Å². The van der Waals surface area contributed by atoms with Gasteiger partial charge >= 0.3 is 0 Å². The summed E-state index contributed by atoms with van der Waals surface area (Å²) in [6.45, 7) is 2.64. The van der Waals surface area contributed by atoms with E-state index in [1.54, 1.807) is 4.90 Å². The third-order valence-corrected chi connectivity index (χ3v) is 3.98. The quantitative estimate of drug-likeness (QED) is 0.859. The number of carbonyl (C=O) groups excluding carboxylic acids is 1. The van der Waals surface area contributed by atoms with Gasteiger partial charge in [0.2, 0.25) is 5.91 Å². The molecular weight excluding hydrogens is 240 g/mol. The van der Waals surface area contributed by atoms with Crippen LogP contribution in [0.4, 0.5) is 0 Å². The first-order chi connectivity index (χ1) is 9.15. The topological polar surface area (TPSA) is 66.6 Å². The van der Waals surface area contributed by atoms with Gasteiger partial charge in [0, 0.05) is 12.6 Å². The minimum absolute atomic E-state index is 0.0297. The molecule has 3 N–H and O–H groups in total. The van der Waals surface area contributed by atoms with Crippen LogP contribution in [0, 0.1) is 5.92 Å². The van der Waals surface area contributed by atoms with E-state index in [0.29, 0.717) is 0 Å². The third kappa shape index (κ3) is 2.96. The first-order valence-corrected chi connectivity index (χ1v) is 6.87. The summed E-state index contributed by atoms with van der Waals surface area (Å²) < 4.78 is 0. The van der Waals surface area contributed by atoms with Crippen LogP contribution in [0.15, 0.2) is 30.3 Å². The largest absolute Gasteiger partial charge is 0.394 e. The molecule has 0 bridgehead atoms. The Hall–Kier alpha value is -1.39. The first-order valence-electron chi connectivity index (χ1n) is 6.87. The summed E-state index contributed by atoms with van der Waals surface area (Å²) in [5, 5.41) is 9.30. The molecular formula is C15H22N2O2. The van der Waals surface area contributed by atoms with Crippen LogP contribution in [0.25, 0.3) is 0 Å². The third-order valence-electron chi connectivity index (χ3n) is 3.98. The van der Waals surface area contributed by atoms with E-state index in [1.165, 1.54) is 0 Å². The zero-order valence-electron chi connectivity index (χ0n) is 11.3. The fraction of sp³-hybridized carbons (Fsp3) is 0.533. The fourth-order valence-electron chi connectivity index (χ4n) is 2.69. The van der Waals surface area contributed by atoms with Gasteiger partial charge in [0.15, 0.2) is 0 Å². The highest BCUT2D eigenvalue weighted by molar-refractivity contribution is 5.80. The Morgan fingerprint density at radius 3 is 2.79 bits per heavy atom. The number of nitrogens with two attached hydrogens (primary N) is 1. The first kappa shape index (κ1) is 14.0. The predicted octanol–water partition coefficient (Wildman–Crippen LogP) is 1.31. The fourth-order valence-corrected chi connectivity index (χ4v) is 2.69. The standard InChI is InChI=1S/C15H22N2O2/c1-11(14(16)12-6-3-2-4-7-12)15(19)17-9-5-8-13(17)10-18/h2-4,6-7,11,13-14,18H,5,8-10,16H2,1H3/t11?,13-,14?/m0/s1. The van der Waals surface area contributed by atoms with Gasteiger partial charge in [0.1, 0.15) is 0 Å². The van der Waals surface area contributed by atoms with Crippen LogP contribution in [0.3, 0.4) is 0 Å². The number of amides is 1. The molecule has 4 heteroatoms. The van der Waals surface area contributed by atoms with E-state index < -0.39 is 0 Å². The normalized spacial score (nSPS) is 22.3. The van der Waals surface area contributed by atoms with Crippen molar-refractivity contribution in [1.82, 2.24) is 4.90 Å². The van der Waals surface area contributed by atoms with Crippen molar-refractivity contribution < 1.29 is 9.90 Å². The van der Waals surface area contributed by atoms with Crippen molar-refractivity contribution in [3.8, 4) is 0 Å². The van der Waals surface area contributed by atoms with Crippen molar-refractivity contribution in [2.75, 3.05) is 13.2 Å². The number of hydrogen-bond acceptors (Lipinski definition) is 3. The molecule has 1 aliphatic heterocycles. The van der Waals surface area contributed by atoms with E-state index in [1.807, 2.05) is 37.3 Å². The number of aliphatic hydroxyl groups excluding tert-OH is 1. The molecule has 1 aliphatic rings. The number of benzene rings is 1. The van der Waals surface area contributed by atoms with E-state index in [2.05, 4.69) is 0 Å². The molecule has 0 saturated carbocycles. The average molecular weight is 262 g/mol. The van der Waals surface area contributed by atoms with Crippen LogP contribution < -0.4 is 5.73 Å². The molecule has 3 atom stereocenters. The number of likely N-dealkylation sites (tertiary alicyclic amines) is 1. The molecule has 1 saturated heterocycles. The molecule has 1 aromatic carbocycles. The summed E-state index contributed by atoms with van der Waals surface area (Å²) in [5.41, 5.74) is 7.16. The number of carbonyl (C=O) groups is 1. The highest BCUT2D eigenvalue weighted by Crippen LogP contribution is 2.25. The van der Waals surface area contributed by atoms with Crippen molar-refractivity contribution in [3.05, 3.63) is 35.9 Å². The molecule has 1 amide bonds. The second kappa shape index (κ2) is 6.17. The zero-order valence-corrected chi connectivity index (χ0v) is 11.3. The van der Waals surface area contributed by atoms with Crippen LogP contribution >= 0.6 is 0 Å². The number of hydrogen-bond donors (Lipinski definition) is 2. The van der Waals surface area contributed by atoms with Crippen LogP contribution in [0.2, 0.25) is 0 Å². The lowest BCUT2D eigenvalue weighted by atomic mass is 9.94. The summed E-state index contributed by atoms with van der Waals surface area (Å²) in [6.07, 6.45) is 1.85. The van der Waals surface area contributed by atoms with Gasteiger partial charge in [-0.05, 0) is 18.4 Å². The Kier molecular flexibility index (Phi) is 4.56. The van der Waals surface area contributed by atoms with Crippen molar-refractivity contribution in [2.45, 2.75) is 31.8 Å². The van der Waals surface area contributed by atoms with Crippen molar-refractivity contribution >= 4 is 5.91 Å². The molecule has 2 rings (SSSR count). The monoisotopic (exact) mass is 262 g/mol. The second-order valence-electron chi connectivity index (χ2n) is 5.24. The Balaban J connectivity index is 2.06. The molecule has 0 aliphatic carbocycles. The minimum atomic E-state index is -0.298. The minimum Gasteiger partial charge on any atom is -0.394 e. The Morgan fingerprint density at radius 2 is 2.16 bits per heavy atom. The maximum absolute atomic E-state index is 12.5. The van der Waals surface area contributed by atoms with Gasteiger partial charge < -0.3 is 15.7 Å². The van der Waals surface area contributed by atoms with Gasteiger partial charge in [0.05, 0.1) is 18.6 Å². The van der Waals surface area contributed by atoms with E-state index >= 15 is 0 Å². The molecule has 1 heterocycles. The molecule has 2 unspecified atom stereocenters. The van der Waals surface area contributed by atoms with E-state index in [9.17, 15) is 9.90 Å². The Labute approximate surface area is 114 Å². The Bertz CT molecular complexity index is 421. The van der Waals surface area contributed by atoms with Gasteiger partial charge in [0.25, 0.3) is 0 Å². The van der Waals surface area contributed by atoms with E-state index in [-0.39, 0.29) is 30.5 Å². The van der Waals surface area contributed by atoms with Crippen LogP contribution in [-0.2, 0) is 4.79 Å². The highest BCUT2D eigenvalue weighted by atomic mass is 16.3.